The maximum atomic E-state index is 13.1. The van der Waals surface area contributed by atoms with E-state index < -0.39 is 17.8 Å². The fourth-order valence-electron chi connectivity index (χ4n) is 3.13. The fourth-order valence-corrected chi connectivity index (χ4v) is 3.13. The number of likely N-dealkylation sites (tertiary alicyclic amines) is 1. The molecular formula is C19H18F3N3O2. The van der Waals surface area contributed by atoms with Crippen molar-refractivity contribution in [1.82, 2.24) is 15.2 Å². The minimum atomic E-state index is -4.48. The van der Waals surface area contributed by atoms with Crippen molar-refractivity contribution in [3.05, 3.63) is 65.0 Å². The maximum absolute atomic E-state index is 13.1. The highest BCUT2D eigenvalue weighted by molar-refractivity contribution is 5.96. The van der Waals surface area contributed by atoms with E-state index in [0.717, 1.165) is 11.6 Å². The Morgan fingerprint density at radius 2 is 2.04 bits per heavy atom. The van der Waals surface area contributed by atoms with E-state index in [2.05, 4.69) is 10.3 Å². The molecule has 0 aliphatic carbocycles. The average molecular weight is 377 g/mol. The highest BCUT2D eigenvalue weighted by Crippen LogP contribution is 2.32. The summed E-state index contributed by atoms with van der Waals surface area (Å²) in [7, 11) is 0. The van der Waals surface area contributed by atoms with Crippen LogP contribution >= 0.6 is 0 Å². The van der Waals surface area contributed by atoms with Crippen LogP contribution in [0.3, 0.4) is 0 Å². The van der Waals surface area contributed by atoms with Gasteiger partial charge in [0.2, 0.25) is 5.91 Å². The van der Waals surface area contributed by atoms with E-state index in [1.807, 2.05) is 0 Å². The normalized spacial score (nSPS) is 17.3. The lowest BCUT2D eigenvalue weighted by molar-refractivity contribution is -0.139. The van der Waals surface area contributed by atoms with Gasteiger partial charge in [-0.25, -0.2) is 0 Å². The van der Waals surface area contributed by atoms with Crippen molar-refractivity contribution in [2.24, 2.45) is 0 Å². The van der Waals surface area contributed by atoms with Crippen molar-refractivity contribution in [3.8, 4) is 0 Å². The van der Waals surface area contributed by atoms with Crippen LogP contribution in [0.2, 0.25) is 0 Å². The number of aryl methyl sites for hydroxylation is 1. The van der Waals surface area contributed by atoms with Gasteiger partial charge >= 0.3 is 6.18 Å². The zero-order valence-corrected chi connectivity index (χ0v) is 14.6. The Bertz CT molecular complexity index is 867. The van der Waals surface area contributed by atoms with Crippen LogP contribution in [0.1, 0.15) is 33.5 Å². The zero-order valence-electron chi connectivity index (χ0n) is 14.6. The van der Waals surface area contributed by atoms with Crippen LogP contribution < -0.4 is 5.32 Å². The van der Waals surface area contributed by atoms with E-state index in [0.29, 0.717) is 5.56 Å². The highest BCUT2D eigenvalue weighted by atomic mass is 19.4. The molecule has 0 radical (unpaired) electrons. The third kappa shape index (κ3) is 4.27. The highest BCUT2D eigenvalue weighted by Gasteiger charge is 2.36. The van der Waals surface area contributed by atoms with Gasteiger partial charge in [0.05, 0.1) is 17.2 Å². The molecule has 1 aliphatic heterocycles. The van der Waals surface area contributed by atoms with E-state index in [9.17, 15) is 22.8 Å². The summed E-state index contributed by atoms with van der Waals surface area (Å²) >= 11 is 0. The van der Waals surface area contributed by atoms with Gasteiger partial charge in [-0.2, -0.15) is 13.2 Å². The Hall–Kier alpha value is -2.90. The number of carbonyl (C=O) groups excluding carboxylic acids is 2. The van der Waals surface area contributed by atoms with Gasteiger partial charge in [-0.15, -0.1) is 0 Å². The number of hydrogen-bond acceptors (Lipinski definition) is 3. The topological polar surface area (TPSA) is 62.3 Å². The Morgan fingerprint density at radius 1 is 1.30 bits per heavy atom. The molecule has 0 spiro atoms. The Labute approximate surface area is 154 Å². The summed E-state index contributed by atoms with van der Waals surface area (Å²) in [5, 5.41) is 2.76. The first-order valence-corrected chi connectivity index (χ1v) is 8.40. The monoisotopic (exact) mass is 377 g/mol. The molecule has 1 aromatic heterocycles. The van der Waals surface area contributed by atoms with Crippen LogP contribution in [0.4, 0.5) is 13.2 Å². The lowest BCUT2D eigenvalue weighted by Gasteiger charge is -2.20. The molecule has 2 heterocycles. The molecular weight excluding hydrogens is 359 g/mol. The molecule has 2 aromatic rings. The largest absolute Gasteiger partial charge is 0.416 e. The summed E-state index contributed by atoms with van der Waals surface area (Å²) in [5.74, 6) is -0.642. The number of amides is 2. The zero-order chi connectivity index (χ0) is 19.6. The average Bonchev–Trinajstić information content (AvgIpc) is 2.94. The van der Waals surface area contributed by atoms with Crippen LogP contribution in [-0.4, -0.2) is 34.3 Å². The van der Waals surface area contributed by atoms with Crippen LogP contribution in [0.15, 0.2) is 42.7 Å². The number of nitrogens with one attached hydrogen (secondary N) is 1. The van der Waals surface area contributed by atoms with Crippen molar-refractivity contribution in [3.63, 3.8) is 0 Å². The van der Waals surface area contributed by atoms with Crippen molar-refractivity contribution in [2.75, 3.05) is 6.54 Å². The first-order chi connectivity index (χ1) is 12.8. The number of rotatable bonds is 4. The molecule has 3 rings (SSSR count). The summed E-state index contributed by atoms with van der Waals surface area (Å²) in [5.41, 5.74) is 0.443. The second kappa shape index (κ2) is 7.38. The molecule has 1 saturated heterocycles. The van der Waals surface area contributed by atoms with Crippen LogP contribution in [0, 0.1) is 6.92 Å². The molecule has 2 amide bonds. The van der Waals surface area contributed by atoms with Crippen molar-refractivity contribution in [1.29, 1.82) is 0 Å². The van der Waals surface area contributed by atoms with Crippen molar-refractivity contribution in [2.45, 2.75) is 32.1 Å². The van der Waals surface area contributed by atoms with Gasteiger partial charge in [0.1, 0.15) is 0 Å². The first kappa shape index (κ1) is 18.9. The third-order valence-electron chi connectivity index (χ3n) is 4.52. The van der Waals surface area contributed by atoms with Gasteiger partial charge in [0.25, 0.3) is 5.91 Å². The van der Waals surface area contributed by atoms with E-state index in [4.69, 9.17) is 0 Å². The molecule has 0 saturated carbocycles. The van der Waals surface area contributed by atoms with Crippen LogP contribution in [0.5, 0.6) is 0 Å². The summed E-state index contributed by atoms with van der Waals surface area (Å²) in [6.07, 6.45) is -1.41. The van der Waals surface area contributed by atoms with Gasteiger partial charge in [-0.05, 0) is 30.2 Å². The summed E-state index contributed by atoms with van der Waals surface area (Å²) < 4.78 is 39.4. The van der Waals surface area contributed by atoms with Gasteiger partial charge < -0.3 is 10.2 Å². The molecule has 1 fully saturated rings. The molecule has 5 nitrogen and oxygen atoms in total. The van der Waals surface area contributed by atoms with E-state index in [1.165, 1.54) is 29.3 Å². The molecule has 1 aromatic carbocycles. The number of carbonyl (C=O) groups is 2. The summed E-state index contributed by atoms with van der Waals surface area (Å²) in [6.45, 7) is 1.79. The predicted octanol–water partition coefficient (Wildman–Crippen LogP) is 2.94. The molecule has 8 heteroatoms. The van der Waals surface area contributed by atoms with Crippen molar-refractivity contribution < 1.29 is 22.8 Å². The van der Waals surface area contributed by atoms with E-state index in [1.54, 1.807) is 19.2 Å². The number of aromatic nitrogens is 1. The number of halogens is 3. The Kier molecular flexibility index (Phi) is 5.16. The molecule has 1 atom stereocenters. The van der Waals surface area contributed by atoms with Gasteiger partial charge in [-0.3, -0.25) is 14.6 Å². The molecule has 1 N–H and O–H groups in total. The molecule has 142 valence electrons. The van der Waals surface area contributed by atoms with Crippen LogP contribution in [-0.2, 0) is 17.5 Å². The second-order valence-electron chi connectivity index (χ2n) is 6.49. The van der Waals surface area contributed by atoms with E-state index >= 15 is 0 Å². The third-order valence-corrected chi connectivity index (χ3v) is 4.52. The minimum absolute atomic E-state index is 0.0356. The number of alkyl halides is 3. The molecule has 0 bridgehead atoms. The first-order valence-electron chi connectivity index (χ1n) is 8.40. The lowest BCUT2D eigenvalue weighted by Crippen LogP contribution is -2.37. The van der Waals surface area contributed by atoms with Gasteiger partial charge in [-0.1, -0.05) is 18.2 Å². The number of nitrogens with zero attached hydrogens (tertiary/aromatic N) is 2. The summed E-state index contributed by atoms with van der Waals surface area (Å²) in [4.78, 5) is 29.8. The van der Waals surface area contributed by atoms with Crippen molar-refractivity contribution >= 4 is 11.8 Å². The second-order valence-corrected chi connectivity index (χ2v) is 6.49. The van der Waals surface area contributed by atoms with E-state index in [-0.39, 0.29) is 36.9 Å². The number of pyridine rings is 1. The lowest BCUT2D eigenvalue weighted by atomic mass is 10.1. The SMILES string of the molecule is Cc1ccncc1C(=O)N[C@H]1CC(=O)N(Cc2ccccc2C(F)(F)F)C1. The smallest absolute Gasteiger partial charge is 0.347 e. The van der Waals surface area contributed by atoms with Gasteiger partial charge in [0.15, 0.2) is 0 Å². The maximum Gasteiger partial charge on any atom is 0.416 e. The minimum Gasteiger partial charge on any atom is -0.347 e. The predicted molar refractivity (Wildman–Crippen MR) is 91.7 cm³/mol. The quantitative estimate of drug-likeness (QED) is 0.891. The fraction of sp³-hybridized carbons (Fsp3) is 0.316. The number of benzene rings is 1. The van der Waals surface area contributed by atoms with Gasteiger partial charge in [0, 0.05) is 31.9 Å². The number of hydrogen-bond donors (Lipinski definition) is 1. The Morgan fingerprint density at radius 3 is 2.74 bits per heavy atom. The molecule has 1 aliphatic rings. The molecule has 0 unspecified atom stereocenters. The Balaban J connectivity index is 1.68. The standard InChI is InChI=1S/C19H18F3N3O2/c1-12-6-7-23-9-15(12)18(27)24-14-8-17(26)25(11-14)10-13-4-2-3-5-16(13)19(20,21)22/h2-7,9,14H,8,10-11H2,1H3,(H,24,27)/t14-/m0/s1. The molecule has 27 heavy (non-hydrogen) atoms. The summed E-state index contributed by atoms with van der Waals surface area (Å²) in [6, 6.07) is 6.44. The van der Waals surface area contributed by atoms with Crippen LogP contribution in [0.25, 0.3) is 0 Å².